The molecule has 1 saturated carbocycles. The van der Waals surface area contributed by atoms with E-state index in [0.29, 0.717) is 11.2 Å². The van der Waals surface area contributed by atoms with E-state index in [1.54, 1.807) is 0 Å². The lowest BCUT2D eigenvalue weighted by Gasteiger charge is -2.20. The van der Waals surface area contributed by atoms with Crippen LogP contribution < -0.4 is 0 Å². The average molecular weight is 140 g/mol. The highest BCUT2D eigenvalue weighted by atomic mass is 16.1. The molecule has 0 aromatic carbocycles. The van der Waals surface area contributed by atoms with Crippen LogP contribution in [-0.2, 0) is 4.79 Å². The molecule has 0 unspecified atom stereocenters. The van der Waals surface area contributed by atoms with Gasteiger partial charge in [-0.1, -0.05) is 13.8 Å². The van der Waals surface area contributed by atoms with E-state index < -0.39 is 0 Å². The first-order chi connectivity index (χ1) is 4.60. The summed E-state index contributed by atoms with van der Waals surface area (Å²) >= 11 is 0. The molecule has 58 valence electrons. The Hall–Kier alpha value is -0.330. The van der Waals surface area contributed by atoms with Crippen LogP contribution in [0, 0.1) is 5.41 Å². The van der Waals surface area contributed by atoms with Crippen molar-refractivity contribution in [3.05, 3.63) is 0 Å². The fourth-order valence-corrected chi connectivity index (χ4v) is 1.49. The van der Waals surface area contributed by atoms with Gasteiger partial charge in [-0.05, 0) is 24.7 Å². The molecule has 0 amide bonds. The number of hydrogen-bond acceptors (Lipinski definition) is 1. The van der Waals surface area contributed by atoms with Gasteiger partial charge in [0.2, 0.25) is 0 Å². The number of ketones is 1. The molecular formula is C9H16O. The number of rotatable bonds is 0. The summed E-state index contributed by atoms with van der Waals surface area (Å²) < 4.78 is 0. The Morgan fingerprint density at radius 1 is 1.20 bits per heavy atom. The van der Waals surface area contributed by atoms with Crippen molar-refractivity contribution in [2.24, 2.45) is 5.41 Å². The van der Waals surface area contributed by atoms with Crippen LogP contribution in [-0.4, -0.2) is 5.78 Å². The van der Waals surface area contributed by atoms with Gasteiger partial charge in [0.05, 0.1) is 0 Å². The molecule has 0 N–H and O–H groups in total. The SMILES string of the molecule is CC1(C)CCCC(=O)CC1. The summed E-state index contributed by atoms with van der Waals surface area (Å²) in [6.45, 7) is 4.51. The Labute approximate surface area is 62.8 Å². The van der Waals surface area contributed by atoms with E-state index in [-0.39, 0.29) is 0 Å². The zero-order chi connectivity index (χ0) is 7.61. The van der Waals surface area contributed by atoms with Crippen LogP contribution in [0.3, 0.4) is 0 Å². The highest BCUT2D eigenvalue weighted by Crippen LogP contribution is 2.32. The Bertz CT molecular complexity index is 136. The first kappa shape index (κ1) is 7.77. The number of carbonyl (C=O) groups excluding carboxylic acids is 1. The molecule has 0 aromatic rings. The molecule has 10 heavy (non-hydrogen) atoms. The van der Waals surface area contributed by atoms with Crippen molar-refractivity contribution >= 4 is 5.78 Å². The van der Waals surface area contributed by atoms with Gasteiger partial charge in [-0.2, -0.15) is 0 Å². The van der Waals surface area contributed by atoms with Gasteiger partial charge in [-0.3, -0.25) is 4.79 Å². The molecule has 0 aliphatic heterocycles. The van der Waals surface area contributed by atoms with Crippen LogP contribution >= 0.6 is 0 Å². The van der Waals surface area contributed by atoms with E-state index >= 15 is 0 Å². The molecule has 0 spiro atoms. The lowest BCUT2D eigenvalue weighted by Crippen LogP contribution is -2.08. The van der Waals surface area contributed by atoms with Crippen molar-refractivity contribution < 1.29 is 4.79 Å². The van der Waals surface area contributed by atoms with E-state index in [4.69, 9.17) is 0 Å². The third-order valence-electron chi connectivity index (χ3n) is 2.39. The van der Waals surface area contributed by atoms with Gasteiger partial charge in [-0.25, -0.2) is 0 Å². The Kier molecular flexibility index (Phi) is 2.12. The van der Waals surface area contributed by atoms with Crippen molar-refractivity contribution in [3.8, 4) is 0 Å². The van der Waals surface area contributed by atoms with Gasteiger partial charge < -0.3 is 0 Å². The van der Waals surface area contributed by atoms with Gasteiger partial charge in [-0.15, -0.1) is 0 Å². The van der Waals surface area contributed by atoms with Crippen LogP contribution in [0.1, 0.15) is 46.0 Å². The fourth-order valence-electron chi connectivity index (χ4n) is 1.49. The molecule has 0 heterocycles. The Balaban J connectivity index is 2.48. The number of carbonyl (C=O) groups is 1. The van der Waals surface area contributed by atoms with Crippen LogP contribution in [0.5, 0.6) is 0 Å². The van der Waals surface area contributed by atoms with Crippen molar-refractivity contribution in [3.63, 3.8) is 0 Å². The van der Waals surface area contributed by atoms with Crippen molar-refractivity contribution in [2.75, 3.05) is 0 Å². The topological polar surface area (TPSA) is 17.1 Å². The summed E-state index contributed by atoms with van der Waals surface area (Å²) in [7, 11) is 0. The first-order valence-corrected chi connectivity index (χ1v) is 4.12. The lowest BCUT2D eigenvalue weighted by atomic mass is 9.85. The molecule has 1 aliphatic rings. The maximum Gasteiger partial charge on any atom is 0.132 e. The molecule has 1 aliphatic carbocycles. The minimum atomic E-state index is 0.423. The van der Waals surface area contributed by atoms with Gasteiger partial charge in [0.25, 0.3) is 0 Å². The molecule has 1 nitrogen and oxygen atoms in total. The van der Waals surface area contributed by atoms with E-state index in [0.717, 1.165) is 25.7 Å². The molecule has 1 rings (SSSR count). The minimum Gasteiger partial charge on any atom is -0.300 e. The van der Waals surface area contributed by atoms with Crippen LogP contribution in [0.25, 0.3) is 0 Å². The summed E-state index contributed by atoms with van der Waals surface area (Å²) in [6.07, 6.45) is 5.05. The van der Waals surface area contributed by atoms with E-state index in [1.807, 2.05) is 0 Å². The second-order valence-corrected chi connectivity index (χ2v) is 4.06. The van der Waals surface area contributed by atoms with Gasteiger partial charge in [0.1, 0.15) is 5.78 Å². The van der Waals surface area contributed by atoms with Gasteiger partial charge in [0.15, 0.2) is 0 Å². The summed E-state index contributed by atoms with van der Waals surface area (Å²) in [5.41, 5.74) is 0.423. The molecule has 0 aromatic heterocycles. The molecule has 1 fully saturated rings. The number of hydrogen-bond donors (Lipinski definition) is 0. The fraction of sp³-hybridized carbons (Fsp3) is 0.889. The predicted molar refractivity (Wildman–Crippen MR) is 41.9 cm³/mol. The third kappa shape index (κ3) is 2.13. The van der Waals surface area contributed by atoms with Gasteiger partial charge >= 0.3 is 0 Å². The number of Topliss-reactive ketones (excluding diaryl/α,β-unsaturated/α-hetero) is 1. The largest absolute Gasteiger partial charge is 0.300 e. The highest BCUT2D eigenvalue weighted by Gasteiger charge is 2.22. The van der Waals surface area contributed by atoms with Crippen molar-refractivity contribution in [1.82, 2.24) is 0 Å². The smallest absolute Gasteiger partial charge is 0.132 e. The summed E-state index contributed by atoms with van der Waals surface area (Å²) in [4.78, 5) is 11.0. The molecule has 0 atom stereocenters. The van der Waals surface area contributed by atoms with Crippen LogP contribution in [0.2, 0.25) is 0 Å². The normalized spacial score (nSPS) is 26.0. The van der Waals surface area contributed by atoms with Crippen LogP contribution in [0.15, 0.2) is 0 Å². The first-order valence-electron chi connectivity index (χ1n) is 4.12. The summed E-state index contributed by atoms with van der Waals surface area (Å²) in [5.74, 6) is 0.463. The van der Waals surface area contributed by atoms with Gasteiger partial charge in [0, 0.05) is 12.8 Å². The maximum absolute atomic E-state index is 11.0. The monoisotopic (exact) mass is 140 g/mol. The third-order valence-corrected chi connectivity index (χ3v) is 2.39. The molecule has 0 saturated heterocycles. The quantitative estimate of drug-likeness (QED) is 0.472. The maximum atomic E-state index is 11.0. The lowest BCUT2D eigenvalue weighted by molar-refractivity contribution is -0.119. The van der Waals surface area contributed by atoms with E-state index in [9.17, 15) is 4.79 Å². The summed E-state index contributed by atoms with van der Waals surface area (Å²) in [5, 5.41) is 0. The summed E-state index contributed by atoms with van der Waals surface area (Å²) in [6, 6.07) is 0. The van der Waals surface area contributed by atoms with Crippen LogP contribution in [0.4, 0.5) is 0 Å². The van der Waals surface area contributed by atoms with Crippen molar-refractivity contribution in [1.29, 1.82) is 0 Å². The predicted octanol–water partition coefficient (Wildman–Crippen LogP) is 2.55. The second kappa shape index (κ2) is 2.73. The molecule has 0 bridgehead atoms. The standard InChI is InChI=1S/C9H16O/c1-9(2)6-3-4-8(10)5-7-9/h3-7H2,1-2H3. The minimum absolute atomic E-state index is 0.423. The average Bonchev–Trinajstić information content (AvgIpc) is 1.94. The second-order valence-electron chi connectivity index (χ2n) is 4.06. The van der Waals surface area contributed by atoms with Crippen molar-refractivity contribution in [2.45, 2.75) is 46.0 Å². The molecule has 1 heteroatoms. The molecule has 0 radical (unpaired) electrons. The van der Waals surface area contributed by atoms with E-state index in [1.165, 1.54) is 6.42 Å². The molecular weight excluding hydrogens is 124 g/mol. The Morgan fingerprint density at radius 2 is 1.90 bits per heavy atom. The Morgan fingerprint density at radius 3 is 2.60 bits per heavy atom. The zero-order valence-electron chi connectivity index (χ0n) is 6.94. The zero-order valence-corrected chi connectivity index (χ0v) is 6.94. The van der Waals surface area contributed by atoms with E-state index in [2.05, 4.69) is 13.8 Å². The highest BCUT2D eigenvalue weighted by molar-refractivity contribution is 5.78.